The van der Waals surface area contributed by atoms with Gasteiger partial charge >= 0.3 is 0 Å². The van der Waals surface area contributed by atoms with E-state index in [0.717, 1.165) is 51.4 Å². The Hall–Kier alpha value is -4.48. The van der Waals surface area contributed by atoms with Gasteiger partial charge in [-0.3, -0.25) is 0 Å². The lowest BCUT2D eigenvalue weighted by molar-refractivity contribution is 0.153. The van der Waals surface area contributed by atoms with Crippen LogP contribution in [0.2, 0.25) is 0 Å². The van der Waals surface area contributed by atoms with Crippen molar-refractivity contribution in [1.82, 2.24) is 0 Å². The minimum absolute atomic E-state index is 0.00956. The van der Waals surface area contributed by atoms with Crippen molar-refractivity contribution in [3.63, 3.8) is 0 Å². The van der Waals surface area contributed by atoms with Crippen LogP contribution in [0.1, 0.15) is 129 Å². The number of rotatable bonds is 20. The Labute approximate surface area is 353 Å². The molecule has 0 bridgehead atoms. The average molecular weight is 861 g/mol. The highest BCUT2D eigenvalue weighted by Gasteiger charge is 2.31. The number of hydrogen-bond acceptors (Lipinski definition) is 4. The lowest BCUT2D eigenvalue weighted by Gasteiger charge is -2.32. The maximum atomic E-state index is 15.3. The highest BCUT2D eigenvalue weighted by atomic mass is 19.2. The number of halogens is 8. The van der Waals surface area contributed by atoms with Gasteiger partial charge in [-0.2, -0.15) is 17.6 Å². The van der Waals surface area contributed by atoms with Crippen molar-refractivity contribution in [2.24, 2.45) is 5.41 Å². The molecular formula is C49H56F8O4. The van der Waals surface area contributed by atoms with E-state index in [9.17, 15) is 0 Å². The first-order valence-electron chi connectivity index (χ1n) is 21.9. The molecule has 0 N–H and O–H groups in total. The van der Waals surface area contributed by atoms with Gasteiger partial charge in [-0.15, -0.1) is 0 Å². The Morgan fingerprint density at radius 3 is 1.28 bits per heavy atom. The van der Waals surface area contributed by atoms with E-state index in [1.807, 2.05) is 13.8 Å². The summed E-state index contributed by atoms with van der Waals surface area (Å²) in [6.07, 6.45) is 10.8. The third-order valence-corrected chi connectivity index (χ3v) is 12.6. The maximum Gasteiger partial charge on any atom is 0.201 e. The summed E-state index contributed by atoms with van der Waals surface area (Å²) in [6.45, 7) is 8.41. The van der Waals surface area contributed by atoms with Gasteiger partial charge in [0.15, 0.2) is 46.3 Å². The molecule has 2 unspecified atom stereocenters. The molecule has 0 aliphatic carbocycles. The largest absolute Gasteiger partial charge is 0.490 e. The summed E-state index contributed by atoms with van der Waals surface area (Å²) in [7, 11) is 0. The van der Waals surface area contributed by atoms with E-state index < -0.39 is 57.7 Å². The molecule has 0 saturated carbocycles. The van der Waals surface area contributed by atoms with E-state index in [1.54, 1.807) is 0 Å². The SMILES string of the molecule is CCCC1CCc2cc(-c3ccc(OCCCCC(CC)(CC)CCCCOc4ccc(-c5cc6c(c(F)c5F)OC(CCC)CC6)c(F)c4F)c(F)c3F)c(F)c(F)c2O1. The van der Waals surface area contributed by atoms with Crippen LogP contribution in [0, 0.1) is 52.0 Å². The molecule has 332 valence electrons. The molecule has 0 fully saturated rings. The van der Waals surface area contributed by atoms with Gasteiger partial charge in [-0.1, -0.05) is 53.4 Å². The maximum absolute atomic E-state index is 15.3. The first kappa shape index (κ1) is 46.0. The van der Waals surface area contributed by atoms with Crippen molar-refractivity contribution in [3.05, 3.63) is 94.1 Å². The molecule has 0 amide bonds. The molecule has 0 spiro atoms. The summed E-state index contributed by atoms with van der Waals surface area (Å²) in [5.41, 5.74) is -0.727. The molecule has 61 heavy (non-hydrogen) atoms. The summed E-state index contributed by atoms with van der Waals surface area (Å²) in [5.74, 6) is -11.2. The molecule has 2 aliphatic rings. The minimum atomic E-state index is -1.32. The Morgan fingerprint density at radius 1 is 0.508 bits per heavy atom. The zero-order valence-corrected chi connectivity index (χ0v) is 35.5. The molecular weight excluding hydrogens is 805 g/mol. The van der Waals surface area contributed by atoms with Gasteiger partial charge in [0.05, 0.1) is 25.4 Å². The fourth-order valence-electron chi connectivity index (χ4n) is 8.83. The molecule has 12 heteroatoms. The van der Waals surface area contributed by atoms with Gasteiger partial charge in [0, 0.05) is 22.3 Å². The molecule has 2 heterocycles. The second kappa shape index (κ2) is 20.6. The van der Waals surface area contributed by atoms with Gasteiger partial charge < -0.3 is 18.9 Å². The number of aryl methyl sites for hydroxylation is 2. The fourth-order valence-corrected chi connectivity index (χ4v) is 8.83. The smallest absolute Gasteiger partial charge is 0.201 e. The average Bonchev–Trinajstić information content (AvgIpc) is 3.26. The van der Waals surface area contributed by atoms with Crippen LogP contribution >= 0.6 is 0 Å². The molecule has 0 aromatic heterocycles. The predicted molar refractivity (Wildman–Crippen MR) is 220 cm³/mol. The van der Waals surface area contributed by atoms with Crippen LogP contribution in [0.4, 0.5) is 35.1 Å². The van der Waals surface area contributed by atoms with Gasteiger partial charge in [-0.25, -0.2) is 17.6 Å². The minimum Gasteiger partial charge on any atom is -0.490 e. The Morgan fingerprint density at radius 2 is 0.902 bits per heavy atom. The van der Waals surface area contributed by atoms with Crippen molar-refractivity contribution >= 4 is 0 Å². The standard InChI is InChI=1S/C49H56F8O4/c1-5-13-31-17-15-29-27-35(41(52)45(56)47(29)60-31)33-19-21-37(43(54)39(33)50)58-25-11-9-23-49(7-3,8-4)24-10-12-26-59-38-22-20-34(40(51)44(38)55)36-28-30-16-18-32(14-6-2)61-48(30)46(57)42(36)53/h19-22,27-28,31-32H,5-18,23-26H2,1-4H3. The van der Waals surface area contributed by atoms with Crippen LogP contribution in [0.3, 0.4) is 0 Å². The quantitative estimate of drug-likeness (QED) is 0.0655. The lowest BCUT2D eigenvalue weighted by atomic mass is 9.74. The van der Waals surface area contributed by atoms with Gasteiger partial charge in [-0.05, 0) is 130 Å². The third kappa shape index (κ3) is 10.1. The zero-order valence-electron chi connectivity index (χ0n) is 35.5. The van der Waals surface area contributed by atoms with Crippen molar-refractivity contribution < 1.29 is 54.1 Å². The molecule has 2 atom stereocenters. The number of ether oxygens (including phenoxy) is 4. The van der Waals surface area contributed by atoms with E-state index in [2.05, 4.69) is 13.8 Å². The number of hydrogen-bond donors (Lipinski definition) is 0. The van der Waals surface area contributed by atoms with Gasteiger partial charge in [0.25, 0.3) is 0 Å². The third-order valence-electron chi connectivity index (χ3n) is 12.6. The normalized spacial score (nSPS) is 16.1. The molecule has 4 aromatic rings. The Balaban J connectivity index is 0.973. The molecule has 4 aromatic carbocycles. The zero-order chi connectivity index (χ0) is 43.8. The molecule has 2 aliphatic heterocycles. The summed E-state index contributed by atoms with van der Waals surface area (Å²) in [4.78, 5) is 0. The summed E-state index contributed by atoms with van der Waals surface area (Å²) < 4.78 is 144. The van der Waals surface area contributed by atoms with Crippen LogP contribution in [-0.4, -0.2) is 25.4 Å². The molecule has 6 rings (SSSR count). The fraction of sp³-hybridized carbons (Fsp3) is 0.510. The summed E-state index contributed by atoms with van der Waals surface area (Å²) >= 11 is 0. The van der Waals surface area contributed by atoms with E-state index in [-0.39, 0.29) is 65.0 Å². The highest BCUT2D eigenvalue weighted by molar-refractivity contribution is 5.70. The monoisotopic (exact) mass is 860 g/mol. The molecule has 4 nitrogen and oxygen atoms in total. The second-order valence-corrected chi connectivity index (χ2v) is 16.5. The first-order valence-corrected chi connectivity index (χ1v) is 21.9. The van der Waals surface area contributed by atoms with E-state index >= 15 is 35.1 Å². The van der Waals surface area contributed by atoms with Crippen molar-refractivity contribution in [3.8, 4) is 45.3 Å². The predicted octanol–water partition coefficient (Wildman–Crippen LogP) is 14.7. The van der Waals surface area contributed by atoms with Crippen LogP contribution in [0.5, 0.6) is 23.0 Å². The number of fused-ring (bicyclic) bond motifs is 2. The molecule has 0 radical (unpaired) electrons. The summed E-state index contributed by atoms with van der Waals surface area (Å²) in [6, 6.07) is 7.51. The highest BCUT2D eigenvalue weighted by Crippen LogP contribution is 2.43. The van der Waals surface area contributed by atoms with E-state index in [1.165, 1.54) is 36.4 Å². The van der Waals surface area contributed by atoms with Crippen molar-refractivity contribution in [2.45, 2.75) is 143 Å². The van der Waals surface area contributed by atoms with Crippen molar-refractivity contribution in [2.75, 3.05) is 13.2 Å². The number of unbranched alkanes of at least 4 members (excludes halogenated alkanes) is 2. The lowest BCUT2D eigenvalue weighted by Crippen LogP contribution is -2.23. The first-order chi connectivity index (χ1) is 29.4. The van der Waals surface area contributed by atoms with Crippen LogP contribution in [0.25, 0.3) is 22.3 Å². The topological polar surface area (TPSA) is 36.9 Å². The van der Waals surface area contributed by atoms with E-state index in [4.69, 9.17) is 18.9 Å². The van der Waals surface area contributed by atoms with Crippen LogP contribution in [-0.2, 0) is 12.8 Å². The van der Waals surface area contributed by atoms with Crippen molar-refractivity contribution in [1.29, 1.82) is 0 Å². The van der Waals surface area contributed by atoms with Crippen LogP contribution in [0.15, 0.2) is 36.4 Å². The molecule has 0 saturated heterocycles. The van der Waals surface area contributed by atoms with Gasteiger partial charge in [0.1, 0.15) is 0 Å². The number of benzene rings is 4. The van der Waals surface area contributed by atoms with Gasteiger partial charge in [0.2, 0.25) is 23.3 Å². The van der Waals surface area contributed by atoms with E-state index in [0.29, 0.717) is 62.5 Å². The Kier molecular flexibility index (Phi) is 15.5. The Bertz CT molecular complexity index is 2010. The summed E-state index contributed by atoms with van der Waals surface area (Å²) in [5, 5.41) is 0. The second-order valence-electron chi connectivity index (χ2n) is 16.5. The van der Waals surface area contributed by atoms with Crippen LogP contribution < -0.4 is 18.9 Å².